The Kier molecular flexibility index (Phi) is 4.73. The molecule has 1 heterocycles. The molecule has 1 fully saturated rings. The fourth-order valence-corrected chi connectivity index (χ4v) is 4.28. The first-order valence-electron chi connectivity index (χ1n) is 9.21. The van der Waals surface area contributed by atoms with Gasteiger partial charge in [-0.2, -0.15) is 5.26 Å². The van der Waals surface area contributed by atoms with Gasteiger partial charge in [0, 0.05) is 23.8 Å². The summed E-state index contributed by atoms with van der Waals surface area (Å²) in [5, 5.41) is 21.8. The van der Waals surface area contributed by atoms with E-state index in [1.807, 2.05) is 24.3 Å². The number of hydrogen-bond donors (Lipinski definition) is 1. The van der Waals surface area contributed by atoms with Gasteiger partial charge >= 0.3 is 0 Å². The van der Waals surface area contributed by atoms with Crippen LogP contribution in [0.15, 0.2) is 47.4 Å². The summed E-state index contributed by atoms with van der Waals surface area (Å²) in [5.41, 5.74) is 2.95. The Morgan fingerprint density at radius 2 is 1.96 bits per heavy atom. The van der Waals surface area contributed by atoms with Crippen molar-refractivity contribution in [1.29, 1.82) is 5.26 Å². The van der Waals surface area contributed by atoms with E-state index < -0.39 is 9.84 Å². The second-order valence-corrected chi connectivity index (χ2v) is 9.18. The number of rotatable bonds is 6. The Hall–Kier alpha value is -2.98. The number of hydrogen-bond acceptors (Lipinski definition) is 6. The zero-order valence-corrected chi connectivity index (χ0v) is 16.3. The molecule has 1 aliphatic rings. The monoisotopic (exact) mass is 392 g/mol. The van der Waals surface area contributed by atoms with E-state index in [4.69, 9.17) is 0 Å². The second-order valence-electron chi connectivity index (χ2n) is 7.19. The number of nitrogens with zero attached hydrogens (tertiary/aromatic N) is 3. The van der Waals surface area contributed by atoms with Gasteiger partial charge in [-0.3, -0.25) is 0 Å². The highest BCUT2D eigenvalue weighted by Crippen LogP contribution is 2.34. The van der Waals surface area contributed by atoms with Gasteiger partial charge in [-0.25, -0.2) is 8.42 Å². The van der Waals surface area contributed by atoms with Crippen molar-refractivity contribution in [3.8, 4) is 17.2 Å². The third-order valence-electron chi connectivity index (χ3n) is 5.02. The molecule has 1 aromatic heterocycles. The number of sulfone groups is 1. The van der Waals surface area contributed by atoms with Crippen LogP contribution in [0.4, 0.5) is 5.69 Å². The maximum atomic E-state index is 12.1. The minimum Gasteiger partial charge on any atom is -0.382 e. The predicted molar refractivity (Wildman–Crippen MR) is 109 cm³/mol. The standard InChI is InChI=1S/C21H20N4O2S/c1-28(26,27)20-5-3-2-4-16(20)15-8-9-17-18(12-15)24-25-19(13-22)21(17)23-11-10-14-6-7-14/h2-5,8-9,12,14H,6-7,10-11H2,1H3,(H,23,24). The Balaban J connectivity index is 1.77. The fraction of sp³-hybridized carbons (Fsp3) is 0.286. The van der Waals surface area contributed by atoms with Crippen molar-refractivity contribution < 1.29 is 8.42 Å². The van der Waals surface area contributed by atoms with Gasteiger partial charge in [0.05, 0.1) is 16.1 Å². The van der Waals surface area contributed by atoms with Crippen molar-refractivity contribution in [1.82, 2.24) is 10.2 Å². The molecule has 142 valence electrons. The number of nitriles is 1. The highest BCUT2D eigenvalue weighted by atomic mass is 32.2. The molecule has 1 N–H and O–H groups in total. The van der Waals surface area contributed by atoms with Gasteiger partial charge in [0.25, 0.3) is 0 Å². The van der Waals surface area contributed by atoms with E-state index >= 15 is 0 Å². The molecule has 0 saturated heterocycles. The van der Waals surface area contributed by atoms with Crippen molar-refractivity contribution in [3.05, 3.63) is 48.2 Å². The number of aromatic nitrogens is 2. The number of fused-ring (bicyclic) bond motifs is 1. The lowest BCUT2D eigenvalue weighted by atomic mass is 10.0. The van der Waals surface area contributed by atoms with E-state index in [0.717, 1.165) is 29.8 Å². The predicted octanol–water partition coefficient (Wildman–Crippen LogP) is 3.78. The van der Waals surface area contributed by atoms with Gasteiger partial charge in [0.15, 0.2) is 15.5 Å². The summed E-state index contributed by atoms with van der Waals surface area (Å²) >= 11 is 0. The molecule has 6 nitrogen and oxygen atoms in total. The lowest BCUT2D eigenvalue weighted by Gasteiger charge is -2.12. The van der Waals surface area contributed by atoms with Gasteiger partial charge < -0.3 is 5.32 Å². The Labute approximate surface area is 164 Å². The second kappa shape index (κ2) is 7.21. The smallest absolute Gasteiger partial charge is 0.186 e. The van der Waals surface area contributed by atoms with Gasteiger partial charge in [-0.1, -0.05) is 37.1 Å². The van der Waals surface area contributed by atoms with Crippen molar-refractivity contribution >= 4 is 26.4 Å². The molecule has 0 atom stereocenters. The molecule has 0 unspecified atom stereocenters. The zero-order chi connectivity index (χ0) is 19.7. The minimum absolute atomic E-state index is 0.271. The van der Waals surface area contributed by atoms with Crippen LogP contribution in [-0.2, 0) is 9.84 Å². The maximum absolute atomic E-state index is 12.1. The quantitative estimate of drug-likeness (QED) is 0.686. The molecular formula is C21H20N4O2S. The zero-order valence-electron chi connectivity index (χ0n) is 15.5. The average Bonchev–Trinajstić information content (AvgIpc) is 3.51. The summed E-state index contributed by atoms with van der Waals surface area (Å²) in [6, 6.07) is 14.6. The summed E-state index contributed by atoms with van der Waals surface area (Å²) in [5.74, 6) is 0.790. The Morgan fingerprint density at radius 1 is 1.18 bits per heavy atom. The summed E-state index contributed by atoms with van der Waals surface area (Å²) in [6.45, 7) is 0.790. The minimum atomic E-state index is -3.36. The van der Waals surface area contributed by atoms with Crippen molar-refractivity contribution in [2.75, 3.05) is 18.1 Å². The Bertz CT molecular complexity index is 1190. The topological polar surface area (TPSA) is 95.7 Å². The van der Waals surface area contributed by atoms with Crippen LogP contribution >= 0.6 is 0 Å². The van der Waals surface area contributed by atoms with Crippen molar-refractivity contribution in [2.24, 2.45) is 5.92 Å². The lowest BCUT2D eigenvalue weighted by Crippen LogP contribution is -2.07. The first kappa shape index (κ1) is 18.4. The van der Waals surface area contributed by atoms with Crippen LogP contribution in [0.1, 0.15) is 25.0 Å². The van der Waals surface area contributed by atoms with E-state index in [0.29, 0.717) is 16.8 Å². The molecule has 1 saturated carbocycles. The molecule has 1 aliphatic carbocycles. The van der Waals surface area contributed by atoms with E-state index in [2.05, 4.69) is 21.6 Å². The van der Waals surface area contributed by atoms with Crippen LogP contribution in [0.5, 0.6) is 0 Å². The van der Waals surface area contributed by atoms with Crippen LogP contribution in [0.25, 0.3) is 22.0 Å². The first-order chi connectivity index (χ1) is 13.5. The highest BCUT2D eigenvalue weighted by Gasteiger charge is 2.21. The third kappa shape index (κ3) is 3.69. The normalized spacial score (nSPS) is 14.0. The van der Waals surface area contributed by atoms with Gasteiger partial charge in [-0.15, -0.1) is 10.2 Å². The van der Waals surface area contributed by atoms with Crippen LogP contribution in [0, 0.1) is 17.2 Å². The number of anilines is 1. The highest BCUT2D eigenvalue weighted by molar-refractivity contribution is 7.90. The fourth-order valence-electron chi connectivity index (χ4n) is 3.37. The van der Waals surface area contributed by atoms with Gasteiger partial charge in [0.2, 0.25) is 0 Å². The summed E-state index contributed by atoms with van der Waals surface area (Å²) in [7, 11) is -3.36. The summed E-state index contributed by atoms with van der Waals surface area (Å²) in [6.07, 6.45) is 4.85. The van der Waals surface area contributed by atoms with E-state index in [1.54, 1.807) is 18.2 Å². The van der Waals surface area contributed by atoms with Crippen LogP contribution in [0.2, 0.25) is 0 Å². The molecule has 3 aromatic rings. The summed E-state index contributed by atoms with van der Waals surface area (Å²) < 4.78 is 24.3. The largest absolute Gasteiger partial charge is 0.382 e. The molecule has 0 aliphatic heterocycles. The molecule has 0 spiro atoms. The Morgan fingerprint density at radius 3 is 2.68 bits per heavy atom. The van der Waals surface area contributed by atoms with Crippen LogP contribution in [-0.4, -0.2) is 31.4 Å². The SMILES string of the molecule is CS(=O)(=O)c1ccccc1-c1ccc2c(NCCC3CC3)c(C#N)nnc2c1. The molecule has 2 aromatic carbocycles. The molecule has 7 heteroatoms. The van der Waals surface area contributed by atoms with Crippen molar-refractivity contribution in [3.63, 3.8) is 0 Å². The lowest BCUT2D eigenvalue weighted by molar-refractivity contribution is 0.602. The average molecular weight is 392 g/mol. The first-order valence-corrected chi connectivity index (χ1v) is 11.1. The molecule has 0 radical (unpaired) electrons. The number of nitrogens with one attached hydrogen (secondary N) is 1. The maximum Gasteiger partial charge on any atom is 0.186 e. The summed E-state index contributed by atoms with van der Waals surface area (Å²) in [4.78, 5) is 0.277. The van der Waals surface area contributed by atoms with E-state index in [9.17, 15) is 13.7 Å². The molecule has 0 amide bonds. The molecule has 4 rings (SSSR count). The van der Waals surface area contributed by atoms with Crippen LogP contribution < -0.4 is 5.32 Å². The van der Waals surface area contributed by atoms with Crippen molar-refractivity contribution in [2.45, 2.75) is 24.2 Å². The molecule has 28 heavy (non-hydrogen) atoms. The number of benzene rings is 2. The van der Waals surface area contributed by atoms with E-state index in [-0.39, 0.29) is 10.6 Å². The van der Waals surface area contributed by atoms with Gasteiger partial charge in [-0.05, 0) is 36.1 Å². The van der Waals surface area contributed by atoms with E-state index in [1.165, 1.54) is 19.1 Å². The molecule has 0 bridgehead atoms. The van der Waals surface area contributed by atoms with Crippen LogP contribution in [0.3, 0.4) is 0 Å². The third-order valence-corrected chi connectivity index (χ3v) is 6.17. The van der Waals surface area contributed by atoms with Gasteiger partial charge in [0.1, 0.15) is 6.07 Å². The molecular weight excluding hydrogens is 372 g/mol.